The van der Waals surface area contributed by atoms with E-state index in [0.29, 0.717) is 44.5 Å². The number of benzene rings is 4. The van der Waals surface area contributed by atoms with E-state index in [2.05, 4.69) is 9.97 Å². The Balaban J connectivity index is 1.90. The number of imidazole rings is 1. The molecule has 5 aromatic rings. The fraction of sp³-hybridized carbons (Fsp3) is 0.120. The van der Waals surface area contributed by atoms with Crippen molar-refractivity contribution in [2.75, 3.05) is 0 Å². The van der Waals surface area contributed by atoms with E-state index < -0.39 is 17.6 Å². The maximum atomic E-state index is 14.7. The highest BCUT2D eigenvalue weighted by atomic mass is 35.5. The predicted octanol–water partition coefficient (Wildman–Crippen LogP) is 6.97. The molecular formula is C25H14ClF4N3O. The van der Waals surface area contributed by atoms with Crippen LogP contribution in [0.3, 0.4) is 0 Å². The molecule has 2 N–H and O–H groups in total. The maximum absolute atomic E-state index is 14.7. The number of alkyl halides is 3. The van der Waals surface area contributed by atoms with Gasteiger partial charge in [-0.2, -0.15) is 18.4 Å². The summed E-state index contributed by atoms with van der Waals surface area (Å²) in [6.07, 6.45) is -4.89. The Kier molecular flexibility index (Phi) is 4.83. The fourth-order valence-electron chi connectivity index (χ4n) is 4.14. The van der Waals surface area contributed by atoms with E-state index in [0.717, 1.165) is 0 Å². The number of nitrogens with one attached hydrogen (secondary N) is 1. The van der Waals surface area contributed by atoms with Crippen molar-refractivity contribution in [3.8, 4) is 17.5 Å². The van der Waals surface area contributed by atoms with Gasteiger partial charge in [0.05, 0.1) is 28.2 Å². The molecule has 0 saturated heterocycles. The van der Waals surface area contributed by atoms with Gasteiger partial charge in [0.1, 0.15) is 11.6 Å². The highest BCUT2D eigenvalue weighted by Crippen LogP contribution is 2.42. The van der Waals surface area contributed by atoms with Crippen LogP contribution in [-0.4, -0.2) is 21.3 Å². The molecule has 0 fully saturated rings. The first-order valence-corrected chi connectivity index (χ1v) is 10.4. The molecule has 1 unspecified atom stereocenters. The molecule has 5 rings (SSSR count). The average Bonchev–Trinajstić information content (AvgIpc) is 3.22. The molecular weight excluding hydrogens is 470 g/mol. The van der Waals surface area contributed by atoms with Crippen molar-refractivity contribution in [2.24, 2.45) is 0 Å². The average molecular weight is 484 g/mol. The van der Waals surface area contributed by atoms with Crippen LogP contribution in [0.25, 0.3) is 44.0 Å². The van der Waals surface area contributed by atoms with E-state index >= 15 is 0 Å². The minimum Gasteiger partial charge on any atom is -0.376 e. The summed E-state index contributed by atoms with van der Waals surface area (Å²) in [5, 5.41) is 22.0. The van der Waals surface area contributed by atoms with Crippen LogP contribution in [-0.2, 0) is 5.60 Å². The molecule has 4 aromatic carbocycles. The zero-order valence-electron chi connectivity index (χ0n) is 17.4. The SMILES string of the molecule is CC(O)(c1ccc2c(c1)c1cc(Cl)ccc1c1nc(-c3c(F)cccc3C#N)[nH]c21)C(F)(F)F. The minimum atomic E-state index is -4.89. The lowest BCUT2D eigenvalue weighted by Crippen LogP contribution is -2.39. The first kappa shape index (κ1) is 22.1. The smallest absolute Gasteiger partial charge is 0.376 e. The van der Waals surface area contributed by atoms with Gasteiger partial charge in [-0.05, 0) is 53.6 Å². The summed E-state index contributed by atoms with van der Waals surface area (Å²) in [5.41, 5.74) is -2.45. The molecule has 9 heteroatoms. The maximum Gasteiger partial charge on any atom is 0.421 e. The number of H-pyrrole nitrogens is 1. The number of hydrogen-bond acceptors (Lipinski definition) is 3. The van der Waals surface area contributed by atoms with Gasteiger partial charge in [-0.25, -0.2) is 9.37 Å². The Morgan fingerprint density at radius 1 is 1.00 bits per heavy atom. The van der Waals surface area contributed by atoms with Crippen LogP contribution < -0.4 is 0 Å². The molecule has 0 radical (unpaired) electrons. The van der Waals surface area contributed by atoms with Gasteiger partial charge >= 0.3 is 6.18 Å². The Morgan fingerprint density at radius 2 is 1.71 bits per heavy atom. The molecule has 0 spiro atoms. The molecule has 0 aliphatic heterocycles. The lowest BCUT2D eigenvalue weighted by atomic mass is 9.91. The van der Waals surface area contributed by atoms with Crippen molar-refractivity contribution < 1.29 is 22.7 Å². The zero-order valence-corrected chi connectivity index (χ0v) is 18.2. The minimum absolute atomic E-state index is 0.00640. The second kappa shape index (κ2) is 7.42. The van der Waals surface area contributed by atoms with Crippen LogP contribution in [0, 0.1) is 17.1 Å². The van der Waals surface area contributed by atoms with E-state index in [1.807, 2.05) is 6.07 Å². The van der Waals surface area contributed by atoms with Gasteiger partial charge in [0.15, 0.2) is 5.60 Å². The summed E-state index contributed by atoms with van der Waals surface area (Å²) >= 11 is 6.19. The van der Waals surface area contributed by atoms with Gasteiger partial charge in [-0.3, -0.25) is 0 Å². The highest BCUT2D eigenvalue weighted by Gasteiger charge is 2.51. The van der Waals surface area contributed by atoms with Crippen LogP contribution >= 0.6 is 11.6 Å². The zero-order chi connectivity index (χ0) is 24.4. The number of nitriles is 1. The van der Waals surface area contributed by atoms with Crippen LogP contribution in [0.5, 0.6) is 0 Å². The van der Waals surface area contributed by atoms with E-state index in [9.17, 15) is 27.9 Å². The fourth-order valence-corrected chi connectivity index (χ4v) is 4.31. The monoisotopic (exact) mass is 483 g/mol. The summed E-state index contributed by atoms with van der Waals surface area (Å²) in [5.74, 6) is -0.530. The number of halogens is 5. The molecule has 0 aliphatic rings. The molecule has 4 nitrogen and oxygen atoms in total. The van der Waals surface area contributed by atoms with Crippen molar-refractivity contribution in [3.63, 3.8) is 0 Å². The molecule has 1 heterocycles. The third kappa shape index (κ3) is 3.20. The number of aromatic nitrogens is 2. The number of fused-ring (bicyclic) bond motifs is 6. The third-order valence-corrected chi connectivity index (χ3v) is 6.24. The van der Waals surface area contributed by atoms with Crippen LogP contribution in [0.4, 0.5) is 17.6 Å². The van der Waals surface area contributed by atoms with Gasteiger partial charge in [0.25, 0.3) is 0 Å². The normalized spacial score (nSPS) is 13.9. The summed E-state index contributed by atoms with van der Waals surface area (Å²) < 4.78 is 55.2. The number of hydrogen-bond donors (Lipinski definition) is 2. The van der Waals surface area contributed by atoms with Gasteiger partial charge in [0, 0.05) is 15.8 Å². The van der Waals surface area contributed by atoms with Crippen LogP contribution in [0.1, 0.15) is 18.1 Å². The van der Waals surface area contributed by atoms with Crippen LogP contribution in [0.15, 0.2) is 54.6 Å². The Morgan fingerprint density at radius 3 is 2.41 bits per heavy atom. The molecule has 0 aliphatic carbocycles. The van der Waals surface area contributed by atoms with Crippen molar-refractivity contribution in [3.05, 3.63) is 76.6 Å². The number of aliphatic hydroxyl groups is 1. The first-order valence-electron chi connectivity index (χ1n) is 10.1. The van der Waals surface area contributed by atoms with Crippen molar-refractivity contribution in [1.29, 1.82) is 5.26 Å². The van der Waals surface area contributed by atoms with E-state index in [1.165, 1.54) is 36.4 Å². The largest absolute Gasteiger partial charge is 0.421 e. The quantitative estimate of drug-likeness (QED) is 0.210. The van der Waals surface area contributed by atoms with Gasteiger partial charge in [0.2, 0.25) is 0 Å². The molecule has 0 amide bonds. The summed E-state index contributed by atoms with van der Waals surface area (Å²) in [6, 6.07) is 14.8. The Hall–Kier alpha value is -3.67. The lowest BCUT2D eigenvalue weighted by molar-refractivity contribution is -0.258. The molecule has 34 heavy (non-hydrogen) atoms. The van der Waals surface area contributed by atoms with Gasteiger partial charge in [-0.1, -0.05) is 35.9 Å². The van der Waals surface area contributed by atoms with Gasteiger partial charge < -0.3 is 10.1 Å². The van der Waals surface area contributed by atoms with Crippen molar-refractivity contribution >= 4 is 44.2 Å². The lowest BCUT2D eigenvalue weighted by Gasteiger charge is -2.27. The molecule has 0 saturated carbocycles. The summed E-state index contributed by atoms with van der Waals surface area (Å²) in [6.45, 7) is 0.692. The number of rotatable bonds is 2. The second-order valence-electron chi connectivity index (χ2n) is 8.10. The molecule has 170 valence electrons. The first-order chi connectivity index (χ1) is 16.0. The van der Waals surface area contributed by atoms with Crippen molar-refractivity contribution in [2.45, 2.75) is 18.7 Å². The Labute approximate surface area is 195 Å². The predicted molar refractivity (Wildman–Crippen MR) is 122 cm³/mol. The molecule has 0 bridgehead atoms. The standard InChI is InChI=1S/C25H14ClF4N3O/c1-24(34,25(28,29)30)13-5-7-15-17(9-13)18-10-14(26)6-8-16(18)22-21(15)32-23(33-22)20-12(11-31)3-2-4-19(20)27/h2-10,34H,1H3,(H,32,33). The molecule has 1 aromatic heterocycles. The number of nitrogens with zero attached hydrogens (tertiary/aromatic N) is 2. The highest BCUT2D eigenvalue weighted by molar-refractivity contribution is 6.33. The second-order valence-corrected chi connectivity index (χ2v) is 8.54. The van der Waals surface area contributed by atoms with E-state index in [4.69, 9.17) is 11.6 Å². The Bertz CT molecular complexity index is 1670. The number of aromatic amines is 1. The van der Waals surface area contributed by atoms with Gasteiger partial charge in [-0.15, -0.1) is 0 Å². The topological polar surface area (TPSA) is 72.7 Å². The van der Waals surface area contributed by atoms with Crippen molar-refractivity contribution in [1.82, 2.24) is 9.97 Å². The molecule has 1 atom stereocenters. The van der Waals surface area contributed by atoms with E-state index in [-0.39, 0.29) is 22.5 Å². The summed E-state index contributed by atoms with van der Waals surface area (Å²) in [4.78, 5) is 7.60. The van der Waals surface area contributed by atoms with E-state index in [1.54, 1.807) is 18.2 Å². The summed E-state index contributed by atoms with van der Waals surface area (Å²) in [7, 11) is 0. The third-order valence-electron chi connectivity index (χ3n) is 6.00. The van der Waals surface area contributed by atoms with Crippen LogP contribution in [0.2, 0.25) is 5.02 Å².